The fourth-order valence-corrected chi connectivity index (χ4v) is 17.4. The smallest absolute Gasteiger partial charge is 0.248 e. The number of H-pyrrole nitrogens is 1. The first-order valence-electron chi connectivity index (χ1n) is 48.3. The van der Waals surface area contributed by atoms with E-state index in [0.29, 0.717) is 16.7 Å². The number of benzene rings is 3. The van der Waals surface area contributed by atoms with Gasteiger partial charge in [0.15, 0.2) is 5.96 Å². The number of nitrogens with one attached hydrogen (secondary N) is 17. The minimum absolute atomic E-state index is 0.00505. The van der Waals surface area contributed by atoms with Crippen molar-refractivity contribution in [3.63, 3.8) is 0 Å². The number of aliphatic hydroxyl groups excluding tert-OH is 2. The van der Waals surface area contributed by atoms with Crippen LogP contribution in [0.15, 0.2) is 104 Å². The molecule has 0 saturated carbocycles. The van der Waals surface area contributed by atoms with Crippen LogP contribution in [0.25, 0.3) is 0 Å². The summed E-state index contributed by atoms with van der Waals surface area (Å²) >= 11 is 0. The lowest BCUT2D eigenvalue weighted by Gasteiger charge is -2.33. The van der Waals surface area contributed by atoms with Crippen LogP contribution in [-0.4, -0.2) is 300 Å². The lowest BCUT2D eigenvalue weighted by molar-refractivity contribution is -0.146. The Kier molecular flexibility index (Phi) is 43.3. The summed E-state index contributed by atoms with van der Waals surface area (Å²) in [6, 6.07) is -2.81. The number of fused-ring (bicyclic) bond motifs is 3. The van der Waals surface area contributed by atoms with Gasteiger partial charge in [-0.1, -0.05) is 153 Å². The zero-order chi connectivity index (χ0) is 105. The van der Waals surface area contributed by atoms with Crippen LogP contribution in [0.2, 0.25) is 0 Å². The van der Waals surface area contributed by atoms with Gasteiger partial charge in [-0.3, -0.25) is 101 Å². The van der Waals surface area contributed by atoms with Gasteiger partial charge in [-0.15, -0.1) is 0 Å². The molecule has 5 heterocycles. The average Bonchev–Trinajstić information content (AvgIpc) is 1.72. The molecule has 1 aromatic heterocycles. The molecule has 0 spiro atoms. The Hall–Kier alpha value is -14.5. The topological polar surface area (TPSA) is 729 Å². The molecule has 0 aliphatic carbocycles. The number of aromatic nitrogens is 2. The van der Waals surface area contributed by atoms with E-state index in [0.717, 1.165) is 21.6 Å². The van der Waals surface area contributed by atoms with E-state index in [2.05, 4.69) is 89.7 Å². The maximum atomic E-state index is 15.4. The summed E-state index contributed by atoms with van der Waals surface area (Å²) < 4.78 is 0. The minimum Gasteiger partial charge on any atom is -0.391 e. The average molecular weight is 2000 g/mol. The predicted octanol–water partition coefficient (Wildman–Crippen LogP) is -5.49. The Morgan fingerprint density at radius 1 is 0.378 bits per heavy atom. The molecule has 780 valence electrons. The van der Waals surface area contributed by atoms with Crippen LogP contribution in [0, 0.1) is 29.1 Å². The first kappa shape index (κ1) is 114. The second-order valence-electron chi connectivity index (χ2n) is 37.7. The molecule has 3 unspecified atom stereocenters. The summed E-state index contributed by atoms with van der Waals surface area (Å²) in [6.07, 6.45) is -4.66. The van der Waals surface area contributed by atoms with Crippen molar-refractivity contribution in [2.75, 3.05) is 26.2 Å². The summed E-state index contributed by atoms with van der Waals surface area (Å²) in [4.78, 5) is 303. The summed E-state index contributed by atoms with van der Waals surface area (Å²) in [5, 5.41) is 69.8. The molecule has 3 aromatic carbocycles. The van der Waals surface area contributed by atoms with Crippen molar-refractivity contribution >= 4 is 124 Å². The lowest BCUT2D eigenvalue weighted by atomic mass is 9.95. The van der Waals surface area contributed by atoms with Gasteiger partial charge in [0.2, 0.25) is 118 Å². The van der Waals surface area contributed by atoms with Crippen molar-refractivity contribution in [1.29, 1.82) is 5.41 Å². The Balaban J connectivity index is 1.18. The molecule has 4 aliphatic heterocycles. The summed E-state index contributed by atoms with van der Waals surface area (Å²) in [6.45, 7) is 14.4. The number of guanidine groups is 1. The number of nitrogens with two attached hydrogens (primary N) is 4. The lowest BCUT2D eigenvalue weighted by Crippen LogP contribution is -2.63. The molecule has 143 heavy (non-hydrogen) atoms. The highest BCUT2D eigenvalue weighted by Gasteiger charge is 2.48. The fraction of sp³-hybridized carbons (Fsp3) is 0.562. The molecular formula is C96H139N25O22. The molecule has 4 aromatic rings. The molecular weight excluding hydrogens is 1860 g/mol. The van der Waals surface area contributed by atoms with E-state index >= 15 is 24.0 Å². The van der Waals surface area contributed by atoms with Crippen molar-refractivity contribution in [2.24, 2.45) is 46.6 Å². The van der Waals surface area contributed by atoms with E-state index in [1.54, 1.807) is 133 Å². The van der Waals surface area contributed by atoms with Gasteiger partial charge < -0.3 is 133 Å². The van der Waals surface area contributed by atoms with Gasteiger partial charge in [-0.25, -0.2) is 4.98 Å². The molecule has 0 bridgehead atoms. The third kappa shape index (κ3) is 33.6. The Morgan fingerprint density at radius 2 is 0.685 bits per heavy atom. The number of carbonyl (C=O) groups is 20. The van der Waals surface area contributed by atoms with E-state index < -0.39 is 288 Å². The van der Waals surface area contributed by atoms with Crippen LogP contribution in [-0.2, 0) is 122 Å². The van der Waals surface area contributed by atoms with Crippen LogP contribution < -0.4 is 103 Å². The summed E-state index contributed by atoms with van der Waals surface area (Å²) in [5.74, 6) is -24.1. The number of aliphatic hydroxyl groups is 2. The van der Waals surface area contributed by atoms with Gasteiger partial charge in [0.1, 0.15) is 103 Å². The van der Waals surface area contributed by atoms with Gasteiger partial charge in [-0.2, -0.15) is 0 Å². The molecule has 8 rings (SSSR count). The first-order chi connectivity index (χ1) is 67.7. The largest absolute Gasteiger partial charge is 0.391 e. The summed E-state index contributed by atoms with van der Waals surface area (Å²) in [5.41, 5.74) is 24.3. The van der Waals surface area contributed by atoms with E-state index in [1.165, 1.54) is 33.3 Å². The quantitative estimate of drug-likeness (QED) is 0.0158. The third-order valence-electron chi connectivity index (χ3n) is 25.5. The van der Waals surface area contributed by atoms with E-state index in [1.807, 2.05) is 0 Å². The minimum atomic E-state index is -1.90. The Bertz CT molecular complexity index is 5150. The highest BCUT2D eigenvalue weighted by molar-refractivity contribution is 6.04. The van der Waals surface area contributed by atoms with E-state index in [4.69, 9.17) is 28.3 Å². The fourth-order valence-electron chi connectivity index (χ4n) is 17.4. The SMILES string of the molecule is CCC(C)[C@@H]1NC(=O)[C@H](CC(N)=O)NC(=O)[C@H](Cc2ccccc2)NC(=O)[C@H](Cc2ccccc2)NC(=O)[C@H](Cc2ccccc2)NC(=O)[C@H](Cc2c[nH]cn2)NC(=O)[C@H](C(C)C)NC(=O)[C@H](C(C)C)NC(=O)[C@@H]2CCCN2C(=O)[C@H](CC(N)=O)NC(=O)[C@H](CCC(N)=O)NC(=O)[C@@H]2CCCN2C(=O)[C@H](C(C)O)NC(=O)[C@H](CCCNC(=N)N)NC(=O)[C@@H]2CCCN2C(=O)[C@H](C(C)O)NC(=O)[C@H](C(C)C)NC1=O. The van der Waals surface area contributed by atoms with Gasteiger partial charge in [0.05, 0.1) is 37.1 Å². The number of carbonyl (C=O) groups excluding carboxylic acids is 20. The molecule has 27 N–H and O–H groups in total. The third-order valence-corrected chi connectivity index (χ3v) is 25.5. The Labute approximate surface area is 828 Å². The van der Waals surface area contributed by atoms with Crippen molar-refractivity contribution in [3.05, 3.63) is 126 Å². The maximum absolute atomic E-state index is 15.4. The van der Waals surface area contributed by atoms with Crippen molar-refractivity contribution in [2.45, 2.75) is 293 Å². The van der Waals surface area contributed by atoms with Crippen LogP contribution in [0.1, 0.15) is 175 Å². The highest BCUT2D eigenvalue weighted by Crippen LogP contribution is 2.26. The molecule has 4 saturated heterocycles. The standard InChI is InChI=1S/C96H139N25O22/c1-11-52(8)76-92(140)115-75(51(6)7)91(139)118-78(54(10)123)95(143)121-40-23-32-67(121)86(134)105-59(31-21-37-103-96(100)101)80(128)117-77(53(9)122)94(142)120-39-24-33-68(120)87(135)106-60(35-36-70(97)124)79(127)112-66(46-72(99)126)93(141)119-38-22-34-69(119)88(136)113-74(50(4)5)90(138)114-73(49(2)3)89(137)111-64(44-58-47-102-48-104-58)84(132)109-62(42-56-27-17-13-18-28-56)82(130)107-61(41-55-25-15-12-16-26-55)81(129)108-63(43-57-29-19-14-20-30-57)83(131)110-65(45-71(98)125)85(133)116-76/h12-20,25-30,47-54,59-69,73-78,122-123H,11,21-24,31-46H2,1-10H3,(H2,97,124)(H2,98,125)(H2,99,126)(H,102,104)(H,105,134)(H,106,135)(H,107,130)(H,108,129)(H,109,132)(H,110,131)(H,111,137)(H,112,127)(H,113,136)(H,114,138)(H,115,140)(H,116,133)(H,117,128)(H,118,139)(H4,100,101,103)/t52?,53?,54?,59-,60-,61-,62-,63-,64-,65-,66-,67-,68-,69-,73-,74-,75-,76-,77-,78-/m0/s1. The normalized spacial score (nSPS) is 26.4. The van der Waals surface area contributed by atoms with Gasteiger partial charge in [-0.05, 0) is 112 Å². The number of amides is 20. The van der Waals surface area contributed by atoms with Crippen molar-refractivity contribution in [1.82, 2.24) is 104 Å². The second-order valence-corrected chi connectivity index (χ2v) is 37.7. The van der Waals surface area contributed by atoms with E-state index in [9.17, 15) is 82.1 Å². The Morgan fingerprint density at radius 3 is 1.06 bits per heavy atom. The molecule has 20 atom stereocenters. The number of hydrogen-bond donors (Lipinski definition) is 23. The van der Waals surface area contributed by atoms with Crippen LogP contribution in [0.5, 0.6) is 0 Å². The molecule has 4 fully saturated rings. The molecule has 4 aliphatic rings. The number of primary amides is 3. The second kappa shape index (κ2) is 54.5. The highest BCUT2D eigenvalue weighted by atomic mass is 16.3. The van der Waals surface area contributed by atoms with E-state index in [-0.39, 0.29) is 115 Å². The molecule has 47 heteroatoms. The predicted molar refractivity (Wildman–Crippen MR) is 516 cm³/mol. The molecule has 0 radical (unpaired) electrons. The zero-order valence-corrected chi connectivity index (χ0v) is 82.1. The first-order valence-corrected chi connectivity index (χ1v) is 48.3. The number of nitrogens with zero attached hydrogens (tertiary/aromatic N) is 4. The van der Waals surface area contributed by atoms with Gasteiger partial charge in [0.25, 0.3) is 0 Å². The maximum Gasteiger partial charge on any atom is 0.248 e. The number of aromatic amines is 1. The number of rotatable bonds is 26. The number of hydrogen-bond acceptors (Lipinski definition) is 24. The monoisotopic (exact) mass is 1990 g/mol. The van der Waals surface area contributed by atoms with Crippen molar-refractivity contribution in [3.8, 4) is 0 Å². The van der Waals surface area contributed by atoms with Crippen LogP contribution >= 0.6 is 0 Å². The molecule has 20 amide bonds. The van der Waals surface area contributed by atoms with Crippen molar-refractivity contribution < 1.29 is 106 Å². The molecule has 47 nitrogen and oxygen atoms in total. The summed E-state index contributed by atoms with van der Waals surface area (Å²) in [7, 11) is 0. The van der Waals surface area contributed by atoms with Crippen LogP contribution in [0.4, 0.5) is 0 Å². The van der Waals surface area contributed by atoms with Crippen LogP contribution in [0.3, 0.4) is 0 Å². The zero-order valence-electron chi connectivity index (χ0n) is 82.1. The van der Waals surface area contributed by atoms with Gasteiger partial charge in [0, 0.05) is 64.5 Å². The van der Waals surface area contributed by atoms with Gasteiger partial charge >= 0.3 is 0 Å². The number of imidazole rings is 1.